The molecule has 1 fully saturated rings. The van der Waals surface area contributed by atoms with Crippen LogP contribution >= 0.6 is 0 Å². The van der Waals surface area contributed by atoms with Crippen molar-refractivity contribution >= 4 is 23.1 Å². The number of nitro benzene ring substituents is 1. The van der Waals surface area contributed by atoms with Crippen molar-refractivity contribution in [3.05, 3.63) is 68.3 Å². The minimum Gasteiger partial charge on any atom is -0.507 e. The highest BCUT2D eigenvalue weighted by atomic mass is 16.6. The first kappa shape index (κ1) is 28.6. The van der Waals surface area contributed by atoms with E-state index in [9.17, 15) is 29.9 Å². The number of rotatable bonds is 10. The molecule has 2 N–H and O–H groups in total. The Morgan fingerprint density at radius 2 is 1.84 bits per heavy atom. The van der Waals surface area contributed by atoms with Crippen molar-refractivity contribution in [2.75, 3.05) is 33.3 Å². The van der Waals surface area contributed by atoms with Gasteiger partial charge in [0.15, 0.2) is 5.75 Å². The quantitative estimate of drug-likeness (QED) is 0.152. The first-order valence-corrected chi connectivity index (χ1v) is 12.6. The van der Waals surface area contributed by atoms with Gasteiger partial charge >= 0.3 is 5.69 Å². The van der Waals surface area contributed by atoms with Crippen LogP contribution in [0.5, 0.6) is 11.5 Å². The molecule has 0 aromatic heterocycles. The molecule has 0 spiro atoms. The number of carbonyl (C=O) groups excluding carboxylic acids is 2. The number of phenolic OH excluding ortho intramolecular Hbond substituents is 1. The van der Waals surface area contributed by atoms with E-state index in [0.29, 0.717) is 23.4 Å². The number of carbonyl (C=O) groups is 2. The summed E-state index contributed by atoms with van der Waals surface area (Å²) in [6.45, 7) is 11.8. The van der Waals surface area contributed by atoms with Crippen LogP contribution < -0.4 is 4.74 Å². The average molecular weight is 526 g/mol. The van der Waals surface area contributed by atoms with Gasteiger partial charge in [0.1, 0.15) is 11.5 Å². The van der Waals surface area contributed by atoms with Gasteiger partial charge in [-0.3, -0.25) is 19.7 Å². The number of ether oxygens (including phenoxy) is 1. The van der Waals surface area contributed by atoms with Crippen molar-refractivity contribution in [1.82, 2.24) is 9.80 Å². The number of hydrogen-bond acceptors (Lipinski definition) is 8. The van der Waals surface area contributed by atoms with Gasteiger partial charge in [-0.25, -0.2) is 0 Å². The number of aliphatic hydroxyl groups is 1. The summed E-state index contributed by atoms with van der Waals surface area (Å²) in [5.74, 6) is -1.88. The predicted molar refractivity (Wildman–Crippen MR) is 143 cm³/mol. The number of Topliss-reactive ketones (excluding diaryl/α,β-unsaturated/α-hetero) is 1. The third-order valence-corrected chi connectivity index (χ3v) is 7.06. The van der Waals surface area contributed by atoms with E-state index < -0.39 is 34.1 Å². The molecule has 2 aromatic rings. The Bertz CT molecular complexity index is 1280. The van der Waals surface area contributed by atoms with Crippen LogP contribution in [0.15, 0.2) is 35.9 Å². The molecule has 10 heteroatoms. The highest BCUT2D eigenvalue weighted by Gasteiger charge is 2.46. The summed E-state index contributed by atoms with van der Waals surface area (Å²) in [7, 11) is 1.55. The Balaban J connectivity index is 2.27. The van der Waals surface area contributed by atoms with Gasteiger partial charge in [-0.15, -0.1) is 0 Å². The summed E-state index contributed by atoms with van der Waals surface area (Å²) in [6.07, 6.45) is 0. The number of ketones is 1. The van der Waals surface area contributed by atoms with Gasteiger partial charge in [0.2, 0.25) is 0 Å². The topological polar surface area (TPSA) is 133 Å². The van der Waals surface area contributed by atoms with E-state index in [0.717, 1.165) is 30.8 Å². The van der Waals surface area contributed by atoms with E-state index in [1.165, 1.54) is 11.0 Å². The number of nitro groups is 1. The molecular formula is C28H35N3O7. The Morgan fingerprint density at radius 1 is 1.18 bits per heavy atom. The summed E-state index contributed by atoms with van der Waals surface area (Å²) >= 11 is 0. The van der Waals surface area contributed by atoms with Crippen LogP contribution in [0.4, 0.5) is 5.69 Å². The van der Waals surface area contributed by atoms with Crippen molar-refractivity contribution in [3.8, 4) is 11.5 Å². The third kappa shape index (κ3) is 5.35. The maximum Gasteiger partial charge on any atom is 0.311 e. The summed E-state index contributed by atoms with van der Waals surface area (Å²) < 4.78 is 5.50. The number of likely N-dealkylation sites (tertiary alicyclic amines) is 1. The van der Waals surface area contributed by atoms with E-state index in [2.05, 4.69) is 4.90 Å². The second-order valence-corrected chi connectivity index (χ2v) is 9.59. The number of aryl methyl sites for hydroxylation is 1. The van der Waals surface area contributed by atoms with Crippen LogP contribution in [0, 0.1) is 17.0 Å². The van der Waals surface area contributed by atoms with Gasteiger partial charge in [0.25, 0.3) is 11.7 Å². The van der Waals surface area contributed by atoms with Gasteiger partial charge in [-0.1, -0.05) is 33.8 Å². The van der Waals surface area contributed by atoms with Gasteiger partial charge in [-0.2, -0.15) is 0 Å². The zero-order chi connectivity index (χ0) is 28.3. The summed E-state index contributed by atoms with van der Waals surface area (Å²) in [4.78, 5) is 40.9. The standard InChI is InChI=1S/C28H35N3O7/c1-7-29(8-2)11-12-30-25(18-9-10-22(32)21(14-18)31(36)37)24(27(34)28(30)35)26(33)20-15-19(16(3)4)23(38-6)13-17(20)5/h9-10,13-16,25,32-33H,7-8,11-12H2,1-6H3/b26-24+. The van der Waals surface area contributed by atoms with Crippen LogP contribution in [0.25, 0.3) is 5.76 Å². The molecule has 0 bridgehead atoms. The van der Waals surface area contributed by atoms with E-state index in [-0.39, 0.29) is 29.4 Å². The fourth-order valence-corrected chi connectivity index (χ4v) is 4.83. The molecule has 1 atom stereocenters. The predicted octanol–water partition coefficient (Wildman–Crippen LogP) is 4.50. The number of phenols is 1. The van der Waals surface area contributed by atoms with Crippen LogP contribution in [-0.2, 0) is 9.59 Å². The normalized spacial score (nSPS) is 17.1. The molecular weight excluding hydrogens is 490 g/mol. The zero-order valence-corrected chi connectivity index (χ0v) is 22.6. The second-order valence-electron chi connectivity index (χ2n) is 9.59. The molecule has 3 rings (SSSR count). The number of aromatic hydroxyl groups is 1. The minimum absolute atomic E-state index is 0.0455. The summed E-state index contributed by atoms with van der Waals surface area (Å²) in [5, 5.41) is 33.1. The van der Waals surface area contributed by atoms with Crippen LogP contribution in [0.3, 0.4) is 0 Å². The highest BCUT2D eigenvalue weighted by molar-refractivity contribution is 6.46. The Kier molecular flexibility index (Phi) is 8.78. The molecule has 1 aliphatic rings. The monoisotopic (exact) mass is 525 g/mol. The molecule has 0 aliphatic carbocycles. The molecule has 1 amide bonds. The lowest BCUT2D eigenvalue weighted by molar-refractivity contribution is -0.385. The zero-order valence-electron chi connectivity index (χ0n) is 22.6. The van der Waals surface area contributed by atoms with Crippen molar-refractivity contribution in [3.63, 3.8) is 0 Å². The fourth-order valence-electron chi connectivity index (χ4n) is 4.83. The Labute approximate surface area is 222 Å². The molecule has 0 radical (unpaired) electrons. The number of hydrogen-bond donors (Lipinski definition) is 2. The summed E-state index contributed by atoms with van der Waals surface area (Å²) in [6, 6.07) is 6.16. The number of methoxy groups -OCH3 is 1. The lowest BCUT2D eigenvalue weighted by atomic mass is 9.91. The molecule has 204 valence electrons. The molecule has 0 saturated carbocycles. The number of amides is 1. The molecule has 1 aliphatic heterocycles. The highest BCUT2D eigenvalue weighted by Crippen LogP contribution is 2.43. The number of likely N-dealkylation sites (N-methyl/N-ethyl adjacent to an activating group) is 1. The lowest BCUT2D eigenvalue weighted by Gasteiger charge is -2.28. The Morgan fingerprint density at radius 3 is 2.39 bits per heavy atom. The molecule has 1 saturated heterocycles. The molecule has 1 unspecified atom stereocenters. The third-order valence-electron chi connectivity index (χ3n) is 7.06. The van der Waals surface area contributed by atoms with E-state index in [1.807, 2.05) is 27.7 Å². The van der Waals surface area contributed by atoms with Gasteiger partial charge in [0.05, 0.1) is 23.6 Å². The fraction of sp³-hybridized carbons (Fsp3) is 0.429. The van der Waals surface area contributed by atoms with Crippen molar-refractivity contribution < 1.29 is 29.5 Å². The van der Waals surface area contributed by atoms with Crippen LogP contribution in [-0.4, -0.2) is 69.9 Å². The SMILES string of the molecule is CCN(CC)CCN1C(=O)C(=O)/C(=C(/O)c2cc(C(C)C)c(OC)cc2C)C1c1ccc(O)c([N+](=O)[O-])c1. The molecule has 38 heavy (non-hydrogen) atoms. The van der Waals surface area contributed by atoms with Crippen LogP contribution in [0.1, 0.15) is 61.9 Å². The molecule has 10 nitrogen and oxygen atoms in total. The molecule has 2 aromatic carbocycles. The molecule has 1 heterocycles. The number of aliphatic hydroxyl groups excluding tert-OH is 1. The minimum atomic E-state index is -1.08. The van der Waals surface area contributed by atoms with Gasteiger partial charge in [0, 0.05) is 24.7 Å². The largest absolute Gasteiger partial charge is 0.507 e. The maximum atomic E-state index is 13.4. The van der Waals surface area contributed by atoms with Crippen LogP contribution in [0.2, 0.25) is 0 Å². The lowest BCUT2D eigenvalue weighted by Crippen LogP contribution is -2.38. The summed E-state index contributed by atoms with van der Waals surface area (Å²) in [5.41, 5.74) is 1.34. The van der Waals surface area contributed by atoms with Crippen molar-refractivity contribution in [1.29, 1.82) is 0 Å². The number of benzene rings is 2. The first-order chi connectivity index (χ1) is 18.0. The second kappa shape index (κ2) is 11.6. The first-order valence-electron chi connectivity index (χ1n) is 12.6. The van der Waals surface area contributed by atoms with E-state index in [1.54, 1.807) is 26.2 Å². The van der Waals surface area contributed by atoms with E-state index in [4.69, 9.17) is 4.74 Å². The smallest absolute Gasteiger partial charge is 0.311 e. The number of nitrogens with zero attached hydrogens (tertiary/aromatic N) is 3. The average Bonchev–Trinajstić information content (AvgIpc) is 3.13. The van der Waals surface area contributed by atoms with Crippen molar-refractivity contribution in [2.24, 2.45) is 0 Å². The maximum absolute atomic E-state index is 13.4. The van der Waals surface area contributed by atoms with Gasteiger partial charge in [-0.05, 0) is 60.8 Å². The van der Waals surface area contributed by atoms with Gasteiger partial charge < -0.3 is 24.7 Å². The van der Waals surface area contributed by atoms with Crippen molar-refractivity contribution in [2.45, 2.75) is 46.6 Å². The Hall–Kier alpha value is -3.92. The van der Waals surface area contributed by atoms with E-state index >= 15 is 0 Å².